The Kier molecular flexibility index (Phi) is 4.19. The van der Waals surface area contributed by atoms with Crippen LogP contribution in [-0.2, 0) is 11.3 Å². The molecule has 0 bridgehead atoms. The minimum Gasteiger partial charge on any atom is -0.465 e. The van der Waals surface area contributed by atoms with E-state index in [1.54, 1.807) is 47.3 Å². The number of rotatable bonds is 4. The van der Waals surface area contributed by atoms with Gasteiger partial charge in [-0.1, -0.05) is 30.3 Å². The van der Waals surface area contributed by atoms with Crippen LogP contribution in [-0.4, -0.2) is 22.6 Å². The van der Waals surface area contributed by atoms with Gasteiger partial charge in [-0.3, -0.25) is 0 Å². The Hall–Kier alpha value is -2.95. The molecule has 0 radical (unpaired) electrons. The lowest BCUT2D eigenvalue weighted by Crippen LogP contribution is -2.09. The van der Waals surface area contributed by atoms with E-state index in [2.05, 4.69) is 4.98 Å². The number of hydrogen-bond donors (Lipinski definition) is 0. The second-order valence-corrected chi connectivity index (χ2v) is 5.01. The Bertz CT molecular complexity index is 842. The van der Waals surface area contributed by atoms with E-state index >= 15 is 0 Å². The summed E-state index contributed by atoms with van der Waals surface area (Å²) in [6.45, 7) is 0.398. The molecule has 116 valence electrons. The highest BCUT2D eigenvalue weighted by Gasteiger charge is 2.14. The van der Waals surface area contributed by atoms with Crippen molar-refractivity contribution in [2.24, 2.45) is 0 Å². The van der Waals surface area contributed by atoms with Crippen LogP contribution >= 0.6 is 0 Å². The number of carbonyl (C=O) groups excluding carboxylic acids is 1. The average molecular weight is 310 g/mol. The number of nitrogens with zero attached hydrogens (tertiary/aromatic N) is 2. The van der Waals surface area contributed by atoms with Crippen LogP contribution in [0.1, 0.15) is 15.9 Å². The molecule has 3 rings (SSSR count). The Morgan fingerprint density at radius 3 is 2.70 bits per heavy atom. The van der Waals surface area contributed by atoms with Gasteiger partial charge in [0.2, 0.25) is 0 Å². The molecule has 0 saturated carbocycles. The van der Waals surface area contributed by atoms with Gasteiger partial charge in [-0.25, -0.2) is 14.2 Å². The summed E-state index contributed by atoms with van der Waals surface area (Å²) in [5.41, 5.74) is 1.70. The van der Waals surface area contributed by atoms with Gasteiger partial charge in [-0.2, -0.15) is 0 Å². The van der Waals surface area contributed by atoms with Gasteiger partial charge in [0.25, 0.3) is 0 Å². The van der Waals surface area contributed by atoms with Gasteiger partial charge in [-0.15, -0.1) is 0 Å². The van der Waals surface area contributed by atoms with Crippen LogP contribution in [0.2, 0.25) is 0 Å². The minimum atomic E-state index is -0.395. The molecule has 0 fully saturated rings. The molecular weight excluding hydrogens is 295 g/mol. The number of benzene rings is 2. The summed E-state index contributed by atoms with van der Waals surface area (Å²) in [6, 6.07) is 13.7. The van der Waals surface area contributed by atoms with Crippen LogP contribution in [0.4, 0.5) is 4.39 Å². The summed E-state index contributed by atoms with van der Waals surface area (Å²) in [7, 11) is 1.35. The van der Waals surface area contributed by atoms with Crippen molar-refractivity contribution >= 4 is 5.97 Å². The van der Waals surface area contributed by atoms with E-state index in [1.165, 1.54) is 13.2 Å². The molecule has 0 aliphatic heterocycles. The van der Waals surface area contributed by atoms with Crippen molar-refractivity contribution in [2.45, 2.75) is 6.54 Å². The van der Waals surface area contributed by atoms with E-state index in [9.17, 15) is 9.18 Å². The second-order valence-electron chi connectivity index (χ2n) is 5.01. The van der Waals surface area contributed by atoms with Gasteiger partial charge in [-0.05, 0) is 23.8 Å². The molecule has 0 unspecified atom stereocenters. The number of imidazole rings is 1. The van der Waals surface area contributed by atoms with Crippen molar-refractivity contribution in [2.75, 3.05) is 7.11 Å². The Labute approximate surface area is 133 Å². The summed E-state index contributed by atoms with van der Waals surface area (Å²) in [5, 5.41) is 0. The standard InChI is InChI=1S/C18H15FN2O2/c1-23-18(22)14-7-3-2-6-13(14)12-21-11-10-20-17(21)15-8-4-5-9-16(15)19/h2-11H,12H2,1H3. The highest BCUT2D eigenvalue weighted by Crippen LogP contribution is 2.22. The smallest absolute Gasteiger partial charge is 0.338 e. The number of ether oxygens (including phenoxy) is 1. The first-order chi connectivity index (χ1) is 11.2. The third kappa shape index (κ3) is 2.99. The second kappa shape index (κ2) is 6.44. The van der Waals surface area contributed by atoms with E-state index in [1.807, 2.05) is 12.1 Å². The Morgan fingerprint density at radius 1 is 1.17 bits per heavy atom. The van der Waals surface area contributed by atoms with Gasteiger partial charge in [0.15, 0.2) is 0 Å². The fraction of sp³-hybridized carbons (Fsp3) is 0.111. The van der Waals surface area contributed by atoms with Crippen LogP contribution < -0.4 is 0 Å². The van der Waals surface area contributed by atoms with Crippen molar-refractivity contribution < 1.29 is 13.9 Å². The van der Waals surface area contributed by atoms with E-state index in [0.717, 1.165) is 5.56 Å². The molecule has 3 aromatic rings. The lowest BCUT2D eigenvalue weighted by Gasteiger charge is -2.11. The van der Waals surface area contributed by atoms with Gasteiger partial charge in [0.05, 0.1) is 18.2 Å². The molecule has 5 heteroatoms. The zero-order valence-corrected chi connectivity index (χ0v) is 12.6. The molecule has 0 atom stereocenters. The number of aromatic nitrogens is 2. The lowest BCUT2D eigenvalue weighted by atomic mass is 10.1. The third-order valence-corrected chi connectivity index (χ3v) is 3.59. The number of halogens is 1. The molecule has 4 nitrogen and oxygen atoms in total. The summed E-state index contributed by atoms with van der Waals surface area (Å²) < 4.78 is 20.6. The maximum Gasteiger partial charge on any atom is 0.338 e. The molecule has 0 amide bonds. The molecule has 2 aromatic carbocycles. The van der Waals surface area contributed by atoms with E-state index in [-0.39, 0.29) is 5.82 Å². The Morgan fingerprint density at radius 2 is 1.91 bits per heavy atom. The quantitative estimate of drug-likeness (QED) is 0.693. The van der Waals surface area contributed by atoms with Crippen molar-refractivity contribution in [1.29, 1.82) is 0 Å². The van der Waals surface area contributed by atoms with Crippen LogP contribution in [0.15, 0.2) is 60.9 Å². The molecule has 1 heterocycles. The van der Waals surface area contributed by atoms with Gasteiger partial charge >= 0.3 is 5.97 Å². The SMILES string of the molecule is COC(=O)c1ccccc1Cn1ccnc1-c1ccccc1F. The maximum absolute atomic E-state index is 14.0. The molecule has 0 aliphatic carbocycles. The molecule has 1 aromatic heterocycles. The summed E-state index contributed by atoms with van der Waals surface area (Å²) in [5.74, 6) is -0.211. The monoisotopic (exact) mass is 310 g/mol. The molecule has 0 saturated heterocycles. The van der Waals surface area contributed by atoms with Gasteiger partial charge in [0.1, 0.15) is 11.6 Å². The predicted molar refractivity (Wildman–Crippen MR) is 84.5 cm³/mol. The lowest BCUT2D eigenvalue weighted by molar-refractivity contribution is 0.0599. The summed E-state index contributed by atoms with van der Waals surface area (Å²) in [4.78, 5) is 16.1. The molecule has 0 spiro atoms. The van der Waals surface area contributed by atoms with Crippen LogP contribution in [0.3, 0.4) is 0 Å². The van der Waals surface area contributed by atoms with Crippen molar-refractivity contribution in [1.82, 2.24) is 9.55 Å². The number of methoxy groups -OCH3 is 1. The fourth-order valence-corrected chi connectivity index (χ4v) is 2.47. The fourth-order valence-electron chi connectivity index (χ4n) is 2.47. The topological polar surface area (TPSA) is 44.1 Å². The summed E-state index contributed by atoms with van der Waals surface area (Å²) in [6.07, 6.45) is 3.37. The summed E-state index contributed by atoms with van der Waals surface area (Å²) >= 11 is 0. The zero-order chi connectivity index (χ0) is 16.2. The van der Waals surface area contributed by atoms with E-state index < -0.39 is 5.97 Å². The maximum atomic E-state index is 14.0. The first kappa shape index (κ1) is 15.0. The van der Waals surface area contributed by atoms with Gasteiger partial charge in [0, 0.05) is 18.9 Å². The Balaban J connectivity index is 1.99. The van der Waals surface area contributed by atoms with Crippen LogP contribution in [0.5, 0.6) is 0 Å². The van der Waals surface area contributed by atoms with Crippen molar-refractivity contribution in [3.63, 3.8) is 0 Å². The molecule has 0 N–H and O–H groups in total. The molecule has 0 aliphatic rings. The number of hydrogen-bond acceptors (Lipinski definition) is 3. The zero-order valence-electron chi connectivity index (χ0n) is 12.6. The normalized spacial score (nSPS) is 10.5. The molecule has 23 heavy (non-hydrogen) atoms. The third-order valence-electron chi connectivity index (χ3n) is 3.59. The predicted octanol–water partition coefficient (Wildman–Crippen LogP) is 3.52. The first-order valence-electron chi connectivity index (χ1n) is 7.13. The van der Waals surface area contributed by atoms with Crippen LogP contribution in [0, 0.1) is 5.82 Å². The largest absolute Gasteiger partial charge is 0.465 e. The van der Waals surface area contributed by atoms with E-state index in [4.69, 9.17) is 4.74 Å². The average Bonchev–Trinajstić information content (AvgIpc) is 3.03. The number of esters is 1. The van der Waals surface area contributed by atoms with Crippen molar-refractivity contribution in [3.8, 4) is 11.4 Å². The number of carbonyl (C=O) groups is 1. The molecular formula is C18H15FN2O2. The highest BCUT2D eigenvalue weighted by molar-refractivity contribution is 5.91. The van der Waals surface area contributed by atoms with Gasteiger partial charge < -0.3 is 9.30 Å². The van der Waals surface area contributed by atoms with Crippen LogP contribution in [0.25, 0.3) is 11.4 Å². The van der Waals surface area contributed by atoms with Crippen molar-refractivity contribution in [3.05, 3.63) is 77.9 Å². The minimum absolute atomic E-state index is 0.332. The first-order valence-corrected chi connectivity index (χ1v) is 7.13. The van der Waals surface area contributed by atoms with E-state index in [0.29, 0.717) is 23.5 Å². The highest BCUT2D eigenvalue weighted by atomic mass is 19.1.